The molecular weight excluding hydrogens is 1220 g/mol. The summed E-state index contributed by atoms with van der Waals surface area (Å²) >= 11 is 0. The third-order valence-corrected chi connectivity index (χ3v) is 18.6. The number of hydrogen-bond acceptors (Lipinski definition) is 29. The second-order valence-corrected chi connectivity index (χ2v) is 34.3. The van der Waals surface area contributed by atoms with Crippen molar-refractivity contribution in [3.8, 4) is 0 Å². The fraction of sp³-hybridized carbons (Fsp3) is 0.762. The van der Waals surface area contributed by atoms with Crippen LogP contribution in [0.3, 0.4) is 0 Å². The van der Waals surface area contributed by atoms with E-state index in [-0.39, 0.29) is 145 Å². The topological polar surface area (TPSA) is 404 Å². The molecule has 79 heavy (non-hydrogen) atoms. The van der Waals surface area contributed by atoms with Gasteiger partial charge in [0.2, 0.25) is 32.5 Å². The quantitative estimate of drug-likeness (QED) is 0.0208. The van der Waals surface area contributed by atoms with Gasteiger partial charge in [-0.2, -0.15) is 0 Å². The lowest BCUT2D eigenvalue weighted by Gasteiger charge is -2.21. The van der Waals surface area contributed by atoms with E-state index in [2.05, 4.69) is 27.8 Å². The van der Waals surface area contributed by atoms with Gasteiger partial charge in [0.1, 0.15) is 12.2 Å². The summed E-state index contributed by atoms with van der Waals surface area (Å²) < 4.78 is 138. The predicted octanol–water partition coefficient (Wildman–Crippen LogP) is 0.198. The van der Waals surface area contributed by atoms with E-state index in [0.717, 1.165) is 25.0 Å². The van der Waals surface area contributed by atoms with Crippen LogP contribution in [0.5, 0.6) is 0 Å². The van der Waals surface area contributed by atoms with Crippen molar-refractivity contribution < 1.29 is 115 Å². The van der Waals surface area contributed by atoms with Crippen molar-refractivity contribution in [1.82, 2.24) is 21.3 Å². The maximum atomic E-state index is 12.4. The lowest BCUT2D eigenvalue weighted by Crippen LogP contribution is -2.32. The molecule has 29 nitrogen and oxygen atoms in total. The highest BCUT2D eigenvalue weighted by Gasteiger charge is 2.19. The van der Waals surface area contributed by atoms with Gasteiger partial charge in [-0.05, 0) is 58.1 Å². The van der Waals surface area contributed by atoms with Crippen molar-refractivity contribution in [3.05, 3.63) is 11.6 Å². The van der Waals surface area contributed by atoms with Crippen LogP contribution in [0.15, 0.2) is 11.6 Å². The molecule has 458 valence electrons. The van der Waals surface area contributed by atoms with Gasteiger partial charge in [-0.15, -0.1) is 0 Å². The van der Waals surface area contributed by atoms with E-state index in [4.69, 9.17) is 42.6 Å². The molecule has 4 amide bonds. The second kappa shape index (κ2) is 43.2. The predicted molar refractivity (Wildman–Crippen MR) is 292 cm³/mol. The maximum absolute atomic E-state index is 12.4. The normalized spacial score (nSPS) is 12.6. The van der Waals surface area contributed by atoms with E-state index in [1.165, 1.54) is 0 Å². The van der Waals surface area contributed by atoms with Crippen molar-refractivity contribution in [2.75, 3.05) is 116 Å². The zero-order valence-electron chi connectivity index (χ0n) is 44.2. The number of rotatable bonds is 49. The molecule has 0 aliphatic carbocycles. The molecule has 0 fully saturated rings. The first kappa shape index (κ1) is 75.5. The Labute approximate surface area is 475 Å². The summed E-state index contributed by atoms with van der Waals surface area (Å²) in [5.74, 6) is -4.30. The van der Waals surface area contributed by atoms with E-state index in [0.29, 0.717) is 43.2 Å². The number of carbonyl (C=O) groups excluding carboxylic acids is 8. The SMILES string of the molecule is C=C(NC(=O)CCCC(=O)OCOC(COCOC(=O)CCCC(=O)NCCSS(C)(=O)=O)COCC(COCOC(=O)CCCC(=O)NCCSS(C)(=O)=O)OCOC(=O)CCCC(=O)NCCSS(C)(=O)=O)SS(C)(=O)=O. The average molecular weight is 1290 g/mol. The van der Waals surface area contributed by atoms with Crippen molar-refractivity contribution >= 4 is 126 Å². The summed E-state index contributed by atoms with van der Waals surface area (Å²) in [6.07, 6.45) is 1.28. The zero-order valence-corrected chi connectivity index (χ0v) is 50.8. The van der Waals surface area contributed by atoms with Crippen molar-refractivity contribution in [1.29, 1.82) is 0 Å². The summed E-state index contributed by atoms with van der Waals surface area (Å²) in [5, 5.41) is 9.81. The fourth-order valence-corrected chi connectivity index (χ4v) is 12.0. The van der Waals surface area contributed by atoms with Gasteiger partial charge in [0.25, 0.3) is 0 Å². The standard InChI is InChI=1S/C42H72N4O25S8/c1-32(75-79(5,61)62)46-38(50)13-9-17-42(54)71-31-67-34(27-65-29-69-40(52)15-7-11-36(48)44-19-22-73-77(3,57)58)25-63-24-33(66-30-70-41(53)16-8-12-37(49)45-20-23-74-78(4,59)60)26-64-28-68-39(51)14-6-10-35(47)43-18-21-72-76(2,55)56/h33-34H,1,6-31H2,2-5H3,(H,43,47)(H,44,48)(H,45,49)(H,46,50). The minimum atomic E-state index is -3.52. The first-order valence-electron chi connectivity index (χ1n) is 23.7. The molecule has 0 rings (SSSR count). The number of carbonyl (C=O) groups is 8. The average Bonchev–Trinajstić information content (AvgIpc) is 3.31. The van der Waals surface area contributed by atoms with Crippen LogP contribution in [0.1, 0.15) is 77.0 Å². The monoisotopic (exact) mass is 1290 g/mol. The molecule has 37 heteroatoms. The van der Waals surface area contributed by atoms with Crippen LogP contribution in [-0.2, 0) is 116 Å². The summed E-state index contributed by atoms with van der Waals surface area (Å²) in [6, 6.07) is 0. The minimum Gasteiger partial charge on any atom is -0.438 e. The molecular formula is C42H72N4O25S8. The van der Waals surface area contributed by atoms with Crippen LogP contribution in [0.4, 0.5) is 0 Å². The number of amides is 4. The van der Waals surface area contributed by atoms with Gasteiger partial charge in [0.15, 0.2) is 53.8 Å². The van der Waals surface area contributed by atoms with Gasteiger partial charge >= 0.3 is 23.9 Å². The Kier molecular flexibility index (Phi) is 41.3. The zero-order chi connectivity index (χ0) is 59.8. The molecule has 0 bridgehead atoms. The highest BCUT2D eigenvalue weighted by molar-refractivity contribution is 8.73. The smallest absolute Gasteiger partial charge is 0.307 e. The molecule has 0 saturated heterocycles. The van der Waals surface area contributed by atoms with Gasteiger partial charge in [0, 0.05) is 124 Å². The summed E-state index contributed by atoms with van der Waals surface area (Å²) in [5.41, 5.74) is 0. The summed E-state index contributed by atoms with van der Waals surface area (Å²) in [7, 11) is -10.9. The lowest BCUT2D eigenvalue weighted by molar-refractivity contribution is -0.185. The van der Waals surface area contributed by atoms with Crippen LogP contribution >= 0.6 is 43.2 Å². The van der Waals surface area contributed by atoms with E-state index >= 15 is 0 Å². The summed E-state index contributed by atoms with van der Waals surface area (Å²) in [6.45, 7) is 0.0656. The van der Waals surface area contributed by atoms with Crippen molar-refractivity contribution in [2.24, 2.45) is 0 Å². The minimum absolute atomic E-state index is 0.0125. The van der Waals surface area contributed by atoms with Crippen molar-refractivity contribution in [2.45, 2.75) is 89.3 Å². The second-order valence-electron chi connectivity index (χ2n) is 16.2. The van der Waals surface area contributed by atoms with Gasteiger partial charge in [-0.1, -0.05) is 6.58 Å². The van der Waals surface area contributed by atoms with Gasteiger partial charge in [-0.3, -0.25) is 38.4 Å². The fourth-order valence-electron chi connectivity index (χ4n) is 5.28. The van der Waals surface area contributed by atoms with E-state index in [1.54, 1.807) is 0 Å². The largest absolute Gasteiger partial charge is 0.438 e. The molecule has 0 aromatic heterocycles. The van der Waals surface area contributed by atoms with E-state index in [1.807, 2.05) is 0 Å². The molecule has 4 N–H and O–H groups in total. The van der Waals surface area contributed by atoms with Gasteiger partial charge in [0.05, 0.1) is 31.5 Å². The highest BCUT2D eigenvalue weighted by Crippen LogP contribution is 2.18. The number of ether oxygens (including phenoxy) is 9. The van der Waals surface area contributed by atoms with E-state index < -0.39 is 122 Å². The first-order valence-corrected chi connectivity index (χ1v) is 37.1. The third-order valence-electron chi connectivity index (χ3n) is 8.70. The molecule has 2 atom stereocenters. The molecule has 0 aromatic rings. The summed E-state index contributed by atoms with van der Waals surface area (Å²) in [4.78, 5) is 97.8. The Hall–Kier alpha value is -3.50. The van der Waals surface area contributed by atoms with Crippen LogP contribution in [0.25, 0.3) is 0 Å². The maximum Gasteiger partial charge on any atom is 0.307 e. The third kappa shape index (κ3) is 53.6. The Morgan fingerprint density at radius 3 is 1.00 bits per heavy atom. The Morgan fingerprint density at radius 2 is 0.696 bits per heavy atom. The van der Waals surface area contributed by atoms with Crippen LogP contribution < -0.4 is 21.3 Å². The Bertz CT molecular complexity index is 2380. The number of esters is 4. The molecule has 2 unspecified atom stereocenters. The molecule has 0 aliphatic heterocycles. The molecule has 0 heterocycles. The molecule has 0 saturated carbocycles. The number of nitrogens with one attached hydrogen (secondary N) is 4. The number of hydrogen-bond donors (Lipinski definition) is 4. The highest BCUT2D eigenvalue weighted by atomic mass is 33.2. The molecule has 0 radical (unpaired) electrons. The van der Waals surface area contributed by atoms with Gasteiger partial charge in [-0.25, -0.2) is 33.7 Å². The van der Waals surface area contributed by atoms with Crippen molar-refractivity contribution in [3.63, 3.8) is 0 Å². The van der Waals surface area contributed by atoms with Crippen LogP contribution in [0, 0.1) is 0 Å². The Morgan fingerprint density at radius 1 is 0.405 bits per heavy atom. The first-order chi connectivity index (χ1) is 36.9. The molecule has 0 spiro atoms. The lowest BCUT2D eigenvalue weighted by atomic mass is 10.2. The molecule has 0 aliphatic rings. The Balaban J connectivity index is 5.52. The van der Waals surface area contributed by atoms with E-state index in [9.17, 15) is 72.0 Å². The van der Waals surface area contributed by atoms with Gasteiger partial charge < -0.3 is 63.9 Å². The molecule has 0 aromatic carbocycles. The van der Waals surface area contributed by atoms with Crippen LogP contribution in [0.2, 0.25) is 0 Å². The van der Waals surface area contributed by atoms with Crippen LogP contribution in [-0.4, -0.2) is 209 Å².